The second-order valence-electron chi connectivity index (χ2n) is 16.2. The van der Waals surface area contributed by atoms with Crippen LogP contribution in [-0.4, -0.2) is 139 Å². The zero-order valence-corrected chi connectivity index (χ0v) is 32.4. The summed E-state index contributed by atoms with van der Waals surface area (Å²) in [5.41, 5.74) is -2.14. The Morgan fingerprint density at radius 3 is 2.46 bits per heavy atom. The van der Waals surface area contributed by atoms with Crippen LogP contribution in [0.15, 0.2) is 5.16 Å². The SMILES string of the molecule is C#CCO/N=C1/CN2C(=O)OC3(C)[C@@H]2[C@@H](C)C(=O)[C@H](C)CC2(C)OCC1CO[C@@H]([C@H](C)[C@H]2O[C@@H]1O[C@H](C)C[C@H](N(C)C)[C@H]1O)[C@@H](C)C(=O)O[C@@H]3CC. The van der Waals surface area contributed by atoms with E-state index in [0.29, 0.717) is 18.6 Å². The second-order valence-corrected chi connectivity index (χ2v) is 16.2. The number of carbonyl (C=O) groups is 3. The van der Waals surface area contributed by atoms with Crippen LogP contribution in [0, 0.1) is 41.9 Å². The molecular formula is C38H59N3O11. The number of amides is 1. The highest BCUT2D eigenvalue weighted by Gasteiger charge is 2.61. The minimum absolute atomic E-state index is 0.0382. The number of hydrogen-bond acceptors (Lipinski definition) is 13. The molecule has 14 heteroatoms. The number of aliphatic hydroxyl groups is 1. The first-order valence-corrected chi connectivity index (χ1v) is 18.7. The molecule has 5 rings (SSSR count). The number of fused-ring (bicyclic) bond motifs is 5. The van der Waals surface area contributed by atoms with Gasteiger partial charge in [0.05, 0.1) is 61.3 Å². The number of terminal acetylenes is 1. The molecule has 0 aromatic carbocycles. The van der Waals surface area contributed by atoms with E-state index in [1.54, 1.807) is 20.8 Å². The molecular weight excluding hydrogens is 674 g/mol. The van der Waals surface area contributed by atoms with Crippen molar-refractivity contribution < 1.29 is 52.7 Å². The predicted octanol–water partition coefficient (Wildman–Crippen LogP) is 3.03. The summed E-state index contributed by atoms with van der Waals surface area (Å²) in [7, 11) is 3.81. The van der Waals surface area contributed by atoms with Gasteiger partial charge in [0.25, 0.3) is 0 Å². The molecule has 0 saturated carbocycles. The van der Waals surface area contributed by atoms with E-state index in [4.69, 9.17) is 39.7 Å². The van der Waals surface area contributed by atoms with Gasteiger partial charge in [-0.2, -0.15) is 0 Å². The highest BCUT2D eigenvalue weighted by molar-refractivity contribution is 5.92. The van der Waals surface area contributed by atoms with Gasteiger partial charge in [-0.1, -0.05) is 38.8 Å². The van der Waals surface area contributed by atoms with E-state index in [2.05, 4.69) is 11.1 Å². The third-order valence-electron chi connectivity index (χ3n) is 12.1. The summed E-state index contributed by atoms with van der Waals surface area (Å²) >= 11 is 0. The summed E-state index contributed by atoms with van der Waals surface area (Å²) in [4.78, 5) is 51.8. The lowest BCUT2D eigenvalue weighted by Gasteiger charge is -2.48. The maximum absolute atomic E-state index is 14.6. The largest absolute Gasteiger partial charge is 0.458 e. The zero-order chi connectivity index (χ0) is 38.3. The summed E-state index contributed by atoms with van der Waals surface area (Å²) in [6, 6.07) is -1.06. The quantitative estimate of drug-likeness (QED) is 0.185. The van der Waals surface area contributed by atoms with Crippen molar-refractivity contribution in [1.82, 2.24) is 9.80 Å². The predicted molar refractivity (Wildman–Crippen MR) is 189 cm³/mol. The number of carbonyl (C=O) groups excluding carboxylic acids is 3. The lowest BCUT2D eigenvalue weighted by molar-refractivity contribution is -0.302. The van der Waals surface area contributed by atoms with Crippen LogP contribution in [0.5, 0.6) is 0 Å². The van der Waals surface area contributed by atoms with E-state index < -0.39 is 89.6 Å². The highest BCUT2D eigenvalue weighted by Crippen LogP contribution is 2.45. The fraction of sp³-hybridized carbons (Fsp3) is 0.842. The van der Waals surface area contributed by atoms with E-state index in [9.17, 15) is 19.5 Å². The molecule has 3 unspecified atom stereocenters. The molecule has 0 radical (unpaired) electrons. The van der Waals surface area contributed by atoms with Crippen LogP contribution in [-0.2, 0) is 42.8 Å². The van der Waals surface area contributed by atoms with Gasteiger partial charge < -0.3 is 43.3 Å². The van der Waals surface area contributed by atoms with Gasteiger partial charge in [0.1, 0.15) is 18.0 Å². The van der Waals surface area contributed by atoms with E-state index in [0.717, 1.165) is 0 Å². The van der Waals surface area contributed by atoms with Gasteiger partial charge in [-0.3, -0.25) is 14.5 Å². The topological polar surface area (TPSA) is 155 Å². The lowest BCUT2D eigenvalue weighted by Crippen LogP contribution is -2.61. The molecule has 15 atom stereocenters. The number of hydrogen-bond donors (Lipinski definition) is 1. The molecule has 52 heavy (non-hydrogen) atoms. The Morgan fingerprint density at radius 1 is 1.10 bits per heavy atom. The molecule has 292 valence electrons. The van der Waals surface area contributed by atoms with Crippen molar-refractivity contribution >= 4 is 23.6 Å². The first kappa shape index (κ1) is 40.4. The average Bonchev–Trinajstić information content (AvgIpc) is 3.36. The third kappa shape index (κ3) is 7.59. The monoisotopic (exact) mass is 733 g/mol. The van der Waals surface area contributed by atoms with Crippen molar-refractivity contribution in [3.05, 3.63) is 0 Å². The number of nitrogens with zero attached hydrogens (tertiary/aromatic N) is 3. The number of cyclic esters (lactones) is 1. The van der Waals surface area contributed by atoms with Crippen LogP contribution in [0.4, 0.5) is 4.79 Å². The fourth-order valence-corrected chi connectivity index (χ4v) is 9.34. The van der Waals surface area contributed by atoms with Crippen LogP contribution in [0.1, 0.15) is 74.7 Å². The normalized spacial score (nSPS) is 45.4. The van der Waals surface area contributed by atoms with Gasteiger partial charge >= 0.3 is 12.1 Å². The van der Waals surface area contributed by atoms with Crippen LogP contribution < -0.4 is 0 Å². The molecule has 0 aromatic rings. The molecule has 14 nitrogen and oxygen atoms in total. The molecule has 6 bridgehead atoms. The van der Waals surface area contributed by atoms with E-state index >= 15 is 0 Å². The standard InChI is InChI=1S/C38H59N3O11/c1-12-14-48-39-26-17-41-32-22(5)29(42)20(3)16-37(8)33(51-35-30(43)27(40(10)11)15-21(4)49-35)23(6)31(46-18-25(26)19-47-37)24(7)34(44)50-28(13-2)38(32,9)52-36(41)45/h1,20-25,27-28,30-33,35,43H,13-19H2,2-11H3/b39-26-/t20-,21-,22+,23+,24-,25?,27+,28-,30-,31+,32+,33-,35+,37?,38?/m1/s1. The number of likely N-dealkylation sites (N-methyl/N-ethyl adjacent to an activating group) is 1. The molecule has 5 fully saturated rings. The Hall–Kier alpha value is -2.80. The number of oxime groups is 1. The number of esters is 1. The summed E-state index contributed by atoms with van der Waals surface area (Å²) < 4.78 is 39.2. The third-order valence-corrected chi connectivity index (χ3v) is 12.1. The van der Waals surface area contributed by atoms with Gasteiger partial charge in [0, 0.05) is 29.7 Å². The van der Waals surface area contributed by atoms with Crippen molar-refractivity contribution in [2.75, 3.05) is 40.5 Å². The zero-order valence-electron chi connectivity index (χ0n) is 32.4. The summed E-state index contributed by atoms with van der Waals surface area (Å²) in [5, 5.41) is 16.0. The summed E-state index contributed by atoms with van der Waals surface area (Å²) in [6.45, 7) is 14.7. The molecule has 0 spiro atoms. The fourth-order valence-electron chi connectivity index (χ4n) is 9.34. The minimum atomic E-state index is -1.37. The summed E-state index contributed by atoms with van der Waals surface area (Å²) in [5.74, 6) is -1.52. The number of ketones is 1. The molecule has 5 heterocycles. The Labute approximate surface area is 308 Å². The molecule has 0 aromatic heterocycles. The van der Waals surface area contributed by atoms with Gasteiger partial charge in [-0.05, 0) is 61.1 Å². The molecule has 5 aliphatic heterocycles. The van der Waals surface area contributed by atoms with Gasteiger partial charge in [-0.25, -0.2) is 4.79 Å². The first-order valence-electron chi connectivity index (χ1n) is 18.7. The number of aliphatic hydroxyl groups excluding tert-OH is 1. The van der Waals surface area contributed by atoms with Crippen LogP contribution in [0.2, 0.25) is 0 Å². The summed E-state index contributed by atoms with van der Waals surface area (Å²) in [6.07, 6.45) is 1.21. The van der Waals surface area contributed by atoms with Gasteiger partial charge in [-0.15, -0.1) is 6.42 Å². The van der Waals surface area contributed by atoms with Crippen molar-refractivity contribution in [3.63, 3.8) is 0 Å². The van der Waals surface area contributed by atoms with Crippen molar-refractivity contribution in [2.45, 2.75) is 135 Å². The Kier molecular flexibility index (Phi) is 12.3. The van der Waals surface area contributed by atoms with E-state index in [1.807, 2.05) is 53.6 Å². The van der Waals surface area contributed by atoms with E-state index in [-0.39, 0.29) is 50.7 Å². The molecule has 1 amide bonds. The van der Waals surface area contributed by atoms with Crippen molar-refractivity contribution in [3.8, 4) is 12.3 Å². The van der Waals surface area contributed by atoms with Crippen LogP contribution in [0.25, 0.3) is 0 Å². The molecule has 1 N–H and O–H groups in total. The Morgan fingerprint density at radius 2 is 1.81 bits per heavy atom. The van der Waals surface area contributed by atoms with Gasteiger partial charge in [0.15, 0.2) is 18.5 Å². The number of ether oxygens (including phenoxy) is 6. The number of rotatable bonds is 6. The Bertz CT molecular complexity index is 1400. The molecule has 0 aliphatic carbocycles. The first-order chi connectivity index (χ1) is 24.5. The van der Waals surface area contributed by atoms with Crippen LogP contribution in [0.3, 0.4) is 0 Å². The maximum Gasteiger partial charge on any atom is 0.411 e. The molecule has 5 aliphatic rings. The second kappa shape index (κ2) is 15.9. The lowest BCUT2D eigenvalue weighted by atomic mass is 9.73. The Balaban J connectivity index is 1.73. The van der Waals surface area contributed by atoms with Crippen LogP contribution >= 0.6 is 0 Å². The average molecular weight is 734 g/mol. The number of Topliss-reactive ketones (excluding diaryl/α,β-unsaturated/α-hetero) is 1. The minimum Gasteiger partial charge on any atom is -0.458 e. The highest BCUT2D eigenvalue weighted by atomic mass is 16.7. The van der Waals surface area contributed by atoms with E-state index in [1.165, 1.54) is 4.90 Å². The van der Waals surface area contributed by atoms with Crippen molar-refractivity contribution in [2.24, 2.45) is 34.7 Å². The molecule has 5 saturated heterocycles. The maximum atomic E-state index is 14.6. The van der Waals surface area contributed by atoms with Crippen molar-refractivity contribution in [1.29, 1.82) is 0 Å². The van der Waals surface area contributed by atoms with Gasteiger partial charge in [0.2, 0.25) is 0 Å². The smallest absolute Gasteiger partial charge is 0.411 e.